The molecule has 0 aliphatic rings. The van der Waals surface area contributed by atoms with E-state index in [0.717, 1.165) is 18.0 Å². The summed E-state index contributed by atoms with van der Waals surface area (Å²) >= 11 is 1.25. The maximum absolute atomic E-state index is 11.1. The second-order valence-corrected chi connectivity index (χ2v) is 5.20. The maximum atomic E-state index is 11.1. The SMILES string of the molecule is CCCNc1snnc1COc1cccc(C)c1[N+](=O)[O-]. The van der Waals surface area contributed by atoms with Crippen molar-refractivity contribution in [2.45, 2.75) is 26.9 Å². The highest BCUT2D eigenvalue weighted by Gasteiger charge is 2.19. The van der Waals surface area contributed by atoms with Crippen LogP contribution in [-0.4, -0.2) is 21.1 Å². The number of benzene rings is 1. The average molecular weight is 308 g/mol. The lowest BCUT2D eigenvalue weighted by atomic mass is 10.2. The molecule has 0 saturated carbocycles. The zero-order chi connectivity index (χ0) is 15.2. The number of nitro groups is 1. The quantitative estimate of drug-likeness (QED) is 0.624. The van der Waals surface area contributed by atoms with E-state index in [-0.39, 0.29) is 18.0 Å². The van der Waals surface area contributed by atoms with Crippen LogP contribution in [0.1, 0.15) is 24.6 Å². The van der Waals surface area contributed by atoms with Gasteiger partial charge in [0.25, 0.3) is 0 Å². The van der Waals surface area contributed by atoms with E-state index < -0.39 is 4.92 Å². The molecule has 0 atom stereocenters. The molecule has 1 N–H and O–H groups in total. The van der Waals surface area contributed by atoms with Crippen molar-refractivity contribution in [1.82, 2.24) is 9.59 Å². The van der Waals surface area contributed by atoms with Gasteiger partial charge in [-0.25, -0.2) is 0 Å². The van der Waals surface area contributed by atoms with Crippen molar-refractivity contribution >= 4 is 22.2 Å². The molecule has 1 heterocycles. The second kappa shape index (κ2) is 6.98. The Labute approximate surface area is 126 Å². The Kier molecular flexibility index (Phi) is 5.04. The van der Waals surface area contributed by atoms with E-state index in [0.29, 0.717) is 11.3 Å². The largest absolute Gasteiger partial charge is 0.480 e. The molecule has 0 aliphatic carbocycles. The number of para-hydroxylation sites is 1. The van der Waals surface area contributed by atoms with E-state index >= 15 is 0 Å². The molecule has 0 radical (unpaired) electrons. The van der Waals surface area contributed by atoms with Crippen LogP contribution in [0.15, 0.2) is 18.2 Å². The van der Waals surface area contributed by atoms with Gasteiger partial charge < -0.3 is 10.1 Å². The van der Waals surface area contributed by atoms with Crippen LogP contribution in [0.25, 0.3) is 0 Å². The van der Waals surface area contributed by atoms with E-state index in [4.69, 9.17) is 4.74 Å². The molecule has 0 unspecified atom stereocenters. The summed E-state index contributed by atoms with van der Waals surface area (Å²) in [6, 6.07) is 5.00. The number of hydrogen-bond donors (Lipinski definition) is 1. The monoisotopic (exact) mass is 308 g/mol. The molecular formula is C13H16N4O3S. The minimum Gasteiger partial charge on any atom is -0.480 e. The molecule has 7 nitrogen and oxygen atoms in total. The van der Waals surface area contributed by atoms with Gasteiger partial charge in [-0.2, -0.15) is 0 Å². The first-order valence-electron chi connectivity index (χ1n) is 6.55. The van der Waals surface area contributed by atoms with Crippen LogP contribution in [0.3, 0.4) is 0 Å². The van der Waals surface area contributed by atoms with Gasteiger partial charge >= 0.3 is 5.69 Å². The van der Waals surface area contributed by atoms with Crippen LogP contribution in [0, 0.1) is 17.0 Å². The number of ether oxygens (including phenoxy) is 1. The number of nitrogens with one attached hydrogen (secondary N) is 1. The molecule has 1 aromatic carbocycles. The number of rotatable bonds is 7. The number of aromatic nitrogens is 2. The molecule has 0 amide bonds. The number of hydrogen-bond acceptors (Lipinski definition) is 7. The van der Waals surface area contributed by atoms with E-state index in [1.807, 2.05) is 0 Å². The lowest BCUT2D eigenvalue weighted by Crippen LogP contribution is -2.05. The first-order valence-corrected chi connectivity index (χ1v) is 7.32. The van der Waals surface area contributed by atoms with E-state index in [9.17, 15) is 10.1 Å². The number of anilines is 1. The van der Waals surface area contributed by atoms with Crippen LogP contribution >= 0.6 is 11.5 Å². The van der Waals surface area contributed by atoms with Crippen molar-refractivity contribution in [3.05, 3.63) is 39.6 Å². The Morgan fingerprint density at radius 3 is 3.00 bits per heavy atom. The van der Waals surface area contributed by atoms with Gasteiger partial charge in [-0.05, 0) is 19.4 Å². The van der Waals surface area contributed by atoms with Gasteiger partial charge in [0.05, 0.1) is 4.92 Å². The summed E-state index contributed by atoms with van der Waals surface area (Å²) in [4.78, 5) is 10.7. The summed E-state index contributed by atoms with van der Waals surface area (Å²) in [6.45, 7) is 4.71. The van der Waals surface area contributed by atoms with Crippen molar-refractivity contribution in [3.8, 4) is 5.75 Å². The van der Waals surface area contributed by atoms with Gasteiger partial charge in [-0.15, -0.1) is 5.10 Å². The topological polar surface area (TPSA) is 90.2 Å². The van der Waals surface area contributed by atoms with Gasteiger partial charge in [0.2, 0.25) is 0 Å². The van der Waals surface area contributed by atoms with Crippen LogP contribution in [0.5, 0.6) is 5.75 Å². The fourth-order valence-corrected chi connectivity index (χ4v) is 2.40. The summed E-state index contributed by atoms with van der Waals surface area (Å²) < 4.78 is 9.44. The zero-order valence-electron chi connectivity index (χ0n) is 11.8. The molecule has 1 aromatic heterocycles. The third kappa shape index (κ3) is 3.66. The standard InChI is InChI=1S/C13H16N4O3S/c1-3-7-14-13-10(15-16-21-13)8-20-11-6-4-5-9(2)12(11)17(18)19/h4-6,14H,3,7-8H2,1-2H3. The number of nitrogens with zero attached hydrogens (tertiary/aromatic N) is 3. The smallest absolute Gasteiger partial charge is 0.313 e. The summed E-state index contributed by atoms with van der Waals surface area (Å²) in [7, 11) is 0. The molecule has 0 aliphatic heterocycles. The second-order valence-electron chi connectivity index (χ2n) is 4.44. The highest BCUT2D eigenvalue weighted by atomic mass is 32.1. The highest BCUT2D eigenvalue weighted by molar-refractivity contribution is 7.10. The van der Waals surface area contributed by atoms with Crippen molar-refractivity contribution in [2.75, 3.05) is 11.9 Å². The average Bonchev–Trinajstić information content (AvgIpc) is 2.89. The fraction of sp³-hybridized carbons (Fsp3) is 0.385. The van der Waals surface area contributed by atoms with Crippen molar-refractivity contribution < 1.29 is 9.66 Å². The van der Waals surface area contributed by atoms with Gasteiger partial charge in [-0.1, -0.05) is 23.5 Å². The number of aryl methyl sites for hydroxylation is 1. The Morgan fingerprint density at radius 1 is 1.48 bits per heavy atom. The molecule has 2 aromatic rings. The van der Waals surface area contributed by atoms with Crippen LogP contribution in [0.4, 0.5) is 10.7 Å². The Morgan fingerprint density at radius 2 is 2.29 bits per heavy atom. The molecule has 0 bridgehead atoms. The highest BCUT2D eigenvalue weighted by Crippen LogP contribution is 2.31. The van der Waals surface area contributed by atoms with E-state index in [1.54, 1.807) is 25.1 Å². The van der Waals surface area contributed by atoms with Gasteiger partial charge in [-0.3, -0.25) is 10.1 Å². The van der Waals surface area contributed by atoms with Crippen molar-refractivity contribution in [3.63, 3.8) is 0 Å². The maximum Gasteiger partial charge on any atom is 0.313 e. The minimum absolute atomic E-state index is 0.0104. The van der Waals surface area contributed by atoms with Crippen LogP contribution < -0.4 is 10.1 Å². The Bertz CT molecular complexity index is 630. The summed E-state index contributed by atoms with van der Waals surface area (Å²) in [5, 5.41) is 19.1. The third-order valence-electron chi connectivity index (χ3n) is 2.84. The van der Waals surface area contributed by atoms with Crippen LogP contribution in [-0.2, 0) is 6.61 Å². The normalized spacial score (nSPS) is 10.4. The fourth-order valence-electron chi connectivity index (χ4n) is 1.80. The first kappa shape index (κ1) is 15.2. The van der Waals surface area contributed by atoms with Crippen LogP contribution in [0.2, 0.25) is 0 Å². The summed E-state index contributed by atoms with van der Waals surface area (Å²) in [5.41, 5.74) is 1.21. The Balaban J connectivity index is 2.12. The zero-order valence-corrected chi connectivity index (χ0v) is 12.6. The molecule has 0 fully saturated rings. The predicted octanol–water partition coefficient (Wildman–Crippen LogP) is 3.16. The molecular weight excluding hydrogens is 292 g/mol. The molecule has 8 heteroatoms. The summed E-state index contributed by atoms with van der Waals surface area (Å²) in [6.07, 6.45) is 0.988. The molecule has 21 heavy (non-hydrogen) atoms. The first-order chi connectivity index (χ1) is 10.1. The Hall–Kier alpha value is -2.22. The van der Waals surface area contributed by atoms with Crippen molar-refractivity contribution in [2.24, 2.45) is 0 Å². The minimum atomic E-state index is -0.430. The molecule has 112 valence electrons. The van der Waals surface area contributed by atoms with E-state index in [1.165, 1.54) is 11.5 Å². The van der Waals surface area contributed by atoms with Gasteiger partial charge in [0.1, 0.15) is 17.3 Å². The molecule has 0 saturated heterocycles. The molecule has 0 spiro atoms. The molecule has 2 rings (SSSR count). The number of nitro benzene ring substituents is 1. The lowest BCUT2D eigenvalue weighted by molar-refractivity contribution is -0.386. The predicted molar refractivity (Wildman–Crippen MR) is 80.9 cm³/mol. The lowest BCUT2D eigenvalue weighted by Gasteiger charge is -2.08. The third-order valence-corrected chi connectivity index (χ3v) is 3.56. The van der Waals surface area contributed by atoms with E-state index in [2.05, 4.69) is 21.8 Å². The van der Waals surface area contributed by atoms with Gasteiger partial charge in [0, 0.05) is 23.6 Å². The van der Waals surface area contributed by atoms with Gasteiger partial charge in [0.15, 0.2) is 5.75 Å². The summed E-state index contributed by atoms with van der Waals surface area (Å²) in [5.74, 6) is 0.245. The van der Waals surface area contributed by atoms with Crippen molar-refractivity contribution in [1.29, 1.82) is 0 Å².